The standard InChI is InChI=1S/C28H32N2O5/c1-19(25-17-21-7-3-5-9-23(21)29-25)15-27(31)34-13-11-33-12-14-35-28(32)16-20(2)26-18-22-8-4-6-10-24(22)30-26/h3-10,17-20,29-30H,11-16H2,1-2H3. The monoisotopic (exact) mass is 476 g/mol. The van der Waals surface area contributed by atoms with Gasteiger partial charge in [-0.3, -0.25) is 9.59 Å². The predicted molar refractivity (Wildman–Crippen MR) is 135 cm³/mol. The van der Waals surface area contributed by atoms with Crippen molar-refractivity contribution in [2.75, 3.05) is 26.4 Å². The molecule has 7 nitrogen and oxygen atoms in total. The summed E-state index contributed by atoms with van der Waals surface area (Å²) in [6.07, 6.45) is 0.581. The zero-order chi connectivity index (χ0) is 24.6. The van der Waals surface area contributed by atoms with Crippen molar-refractivity contribution >= 4 is 33.7 Å². The van der Waals surface area contributed by atoms with Gasteiger partial charge in [-0.25, -0.2) is 0 Å². The molecule has 0 spiro atoms. The number of rotatable bonds is 12. The molecule has 35 heavy (non-hydrogen) atoms. The minimum atomic E-state index is -0.267. The van der Waals surface area contributed by atoms with Gasteiger partial charge in [0.2, 0.25) is 0 Å². The molecule has 2 heterocycles. The van der Waals surface area contributed by atoms with Crippen molar-refractivity contribution in [3.8, 4) is 0 Å². The van der Waals surface area contributed by atoms with Gasteiger partial charge in [0.1, 0.15) is 13.2 Å². The molecular formula is C28H32N2O5. The van der Waals surface area contributed by atoms with Crippen LogP contribution in [0.1, 0.15) is 49.9 Å². The maximum atomic E-state index is 12.1. The summed E-state index contributed by atoms with van der Waals surface area (Å²) in [5, 5.41) is 2.26. The second-order valence-electron chi connectivity index (χ2n) is 8.89. The SMILES string of the molecule is CC(CC(=O)OCCOCCOC(=O)CC(C)c1cc2ccccc2[nH]1)c1cc2ccccc2[nH]1. The minimum absolute atomic E-state index is 0.0296. The molecule has 0 aliphatic rings. The summed E-state index contributed by atoms with van der Waals surface area (Å²) in [6.45, 7) is 4.85. The van der Waals surface area contributed by atoms with Crippen LogP contribution in [0.3, 0.4) is 0 Å². The van der Waals surface area contributed by atoms with E-state index >= 15 is 0 Å². The number of carbonyl (C=O) groups is 2. The number of esters is 2. The second kappa shape index (κ2) is 11.7. The average molecular weight is 477 g/mol. The van der Waals surface area contributed by atoms with Crippen molar-refractivity contribution in [3.63, 3.8) is 0 Å². The molecular weight excluding hydrogens is 444 g/mol. The van der Waals surface area contributed by atoms with Crippen LogP contribution < -0.4 is 0 Å². The van der Waals surface area contributed by atoms with Crippen molar-refractivity contribution in [3.05, 3.63) is 72.1 Å². The van der Waals surface area contributed by atoms with Crippen LogP contribution in [0.5, 0.6) is 0 Å². The lowest BCUT2D eigenvalue weighted by molar-refractivity contribution is -0.147. The minimum Gasteiger partial charge on any atom is -0.463 e. The number of hydrogen-bond acceptors (Lipinski definition) is 5. The van der Waals surface area contributed by atoms with Crippen LogP contribution in [0.4, 0.5) is 0 Å². The van der Waals surface area contributed by atoms with E-state index in [-0.39, 0.29) is 50.2 Å². The third kappa shape index (κ3) is 6.73. The fourth-order valence-electron chi connectivity index (χ4n) is 4.09. The summed E-state index contributed by atoms with van der Waals surface area (Å²) in [5.41, 5.74) is 4.15. The van der Waals surface area contributed by atoms with E-state index in [4.69, 9.17) is 14.2 Å². The Labute approximate surface area is 204 Å². The Morgan fingerprint density at radius 1 is 0.686 bits per heavy atom. The van der Waals surface area contributed by atoms with Crippen LogP contribution in [0.2, 0.25) is 0 Å². The number of ether oxygens (including phenoxy) is 3. The number of benzene rings is 2. The van der Waals surface area contributed by atoms with Crippen LogP contribution in [-0.2, 0) is 23.8 Å². The lowest BCUT2D eigenvalue weighted by atomic mass is 10.0. The van der Waals surface area contributed by atoms with Gasteiger partial charge in [-0.2, -0.15) is 0 Å². The molecule has 7 heteroatoms. The second-order valence-corrected chi connectivity index (χ2v) is 8.89. The maximum Gasteiger partial charge on any atom is 0.306 e. The molecule has 0 saturated carbocycles. The number of para-hydroxylation sites is 2. The summed E-state index contributed by atoms with van der Waals surface area (Å²) < 4.78 is 16.0. The zero-order valence-corrected chi connectivity index (χ0v) is 20.2. The Morgan fingerprint density at radius 3 is 1.54 bits per heavy atom. The highest BCUT2D eigenvalue weighted by Gasteiger charge is 2.16. The first-order valence-corrected chi connectivity index (χ1v) is 12.0. The van der Waals surface area contributed by atoms with E-state index in [1.54, 1.807) is 0 Å². The van der Waals surface area contributed by atoms with Crippen molar-refractivity contribution in [1.29, 1.82) is 0 Å². The molecule has 0 saturated heterocycles. The van der Waals surface area contributed by atoms with Crippen molar-refractivity contribution in [2.24, 2.45) is 0 Å². The normalized spacial score (nSPS) is 13.1. The first-order chi connectivity index (χ1) is 17.0. The largest absolute Gasteiger partial charge is 0.463 e. The van der Waals surface area contributed by atoms with E-state index in [0.29, 0.717) is 12.8 Å². The molecule has 2 atom stereocenters. The van der Waals surface area contributed by atoms with Gasteiger partial charge in [-0.05, 0) is 35.0 Å². The molecule has 0 amide bonds. The van der Waals surface area contributed by atoms with Crippen LogP contribution in [0.15, 0.2) is 60.7 Å². The molecule has 184 valence electrons. The van der Waals surface area contributed by atoms with Gasteiger partial charge >= 0.3 is 11.9 Å². The molecule has 2 N–H and O–H groups in total. The summed E-state index contributed by atoms with van der Waals surface area (Å²) in [7, 11) is 0. The number of carbonyl (C=O) groups excluding carboxylic acids is 2. The molecule has 0 radical (unpaired) electrons. The number of aromatic nitrogens is 2. The maximum absolute atomic E-state index is 12.1. The lowest BCUT2D eigenvalue weighted by Crippen LogP contribution is -2.16. The van der Waals surface area contributed by atoms with Crippen LogP contribution >= 0.6 is 0 Å². The van der Waals surface area contributed by atoms with E-state index in [1.807, 2.05) is 62.4 Å². The fraction of sp³-hybridized carbons (Fsp3) is 0.357. The Hall–Kier alpha value is -3.58. The van der Waals surface area contributed by atoms with Gasteiger partial charge in [-0.1, -0.05) is 50.2 Å². The predicted octanol–water partition coefficient (Wildman–Crippen LogP) is 5.44. The Kier molecular flexibility index (Phi) is 8.21. The third-order valence-corrected chi connectivity index (χ3v) is 6.09. The van der Waals surface area contributed by atoms with Crippen molar-refractivity contribution < 1.29 is 23.8 Å². The van der Waals surface area contributed by atoms with E-state index in [1.165, 1.54) is 0 Å². The highest BCUT2D eigenvalue weighted by atomic mass is 16.6. The van der Waals surface area contributed by atoms with Gasteiger partial charge in [0.25, 0.3) is 0 Å². The molecule has 0 fully saturated rings. The van der Waals surface area contributed by atoms with E-state index in [2.05, 4.69) is 22.1 Å². The fourth-order valence-corrected chi connectivity index (χ4v) is 4.09. The molecule has 2 aromatic carbocycles. The molecule has 0 bridgehead atoms. The number of hydrogen-bond donors (Lipinski definition) is 2. The Balaban J connectivity index is 1.06. The van der Waals surface area contributed by atoms with Gasteiger partial charge in [-0.15, -0.1) is 0 Å². The number of nitrogens with one attached hydrogen (secondary N) is 2. The highest BCUT2D eigenvalue weighted by molar-refractivity contribution is 5.81. The average Bonchev–Trinajstić information content (AvgIpc) is 3.48. The van der Waals surface area contributed by atoms with Gasteiger partial charge in [0.05, 0.1) is 26.1 Å². The van der Waals surface area contributed by atoms with Crippen LogP contribution in [0.25, 0.3) is 21.8 Å². The zero-order valence-electron chi connectivity index (χ0n) is 20.2. The third-order valence-electron chi connectivity index (χ3n) is 6.09. The number of H-pyrrole nitrogens is 2. The van der Waals surface area contributed by atoms with E-state index < -0.39 is 0 Å². The van der Waals surface area contributed by atoms with Gasteiger partial charge in [0.15, 0.2) is 0 Å². The Morgan fingerprint density at radius 2 is 1.11 bits per heavy atom. The highest BCUT2D eigenvalue weighted by Crippen LogP contribution is 2.24. The summed E-state index contributed by atoms with van der Waals surface area (Å²) in [6, 6.07) is 20.2. The van der Waals surface area contributed by atoms with Crippen LogP contribution in [0, 0.1) is 0 Å². The quantitative estimate of drug-likeness (QED) is 0.210. The van der Waals surface area contributed by atoms with Gasteiger partial charge in [0, 0.05) is 34.3 Å². The summed E-state index contributed by atoms with van der Waals surface area (Å²) in [4.78, 5) is 31.0. The molecule has 4 rings (SSSR count). The summed E-state index contributed by atoms with van der Waals surface area (Å²) in [5.74, 6) is -0.474. The first kappa shape index (κ1) is 24.5. The molecule has 0 aliphatic heterocycles. The first-order valence-electron chi connectivity index (χ1n) is 12.0. The van der Waals surface area contributed by atoms with Gasteiger partial charge < -0.3 is 24.2 Å². The van der Waals surface area contributed by atoms with E-state index in [0.717, 1.165) is 33.2 Å². The Bertz CT molecular complexity index is 1110. The number of aromatic amines is 2. The van der Waals surface area contributed by atoms with E-state index in [9.17, 15) is 9.59 Å². The van der Waals surface area contributed by atoms with Crippen molar-refractivity contribution in [1.82, 2.24) is 9.97 Å². The molecule has 2 unspecified atom stereocenters. The molecule has 0 aliphatic carbocycles. The van der Waals surface area contributed by atoms with Crippen LogP contribution in [-0.4, -0.2) is 48.3 Å². The topological polar surface area (TPSA) is 93.4 Å². The number of fused-ring (bicyclic) bond motifs is 2. The van der Waals surface area contributed by atoms with Crippen molar-refractivity contribution in [2.45, 2.75) is 38.5 Å². The lowest BCUT2D eigenvalue weighted by Gasteiger charge is -2.11. The summed E-state index contributed by atoms with van der Waals surface area (Å²) >= 11 is 0. The molecule has 4 aromatic rings. The molecule has 2 aromatic heterocycles. The smallest absolute Gasteiger partial charge is 0.306 e.